The Hall–Kier alpha value is -2.25. The molecule has 0 aliphatic carbocycles. The maximum absolute atomic E-state index is 13.3. The number of carbonyl (C=O) groups is 1. The molecule has 1 saturated heterocycles. The molecule has 0 bridgehead atoms. The molecule has 4 heterocycles. The van der Waals surface area contributed by atoms with E-state index in [1.807, 2.05) is 15.6 Å². The second kappa shape index (κ2) is 6.73. The molecular formula is C20H25N5OS. The molecule has 1 amide bonds. The number of thiophene rings is 1. The van der Waals surface area contributed by atoms with Crippen molar-refractivity contribution < 1.29 is 4.79 Å². The van der Waals surface area contributed by atoms with E-state index in [-0.39, 0.29) is 18.0 Å². The molecular weight excluding hydrogens is 358 g/mol. The van der Waals surface area contributed by atoms with Gasteiger partial charge in [-0.3, -0.25) is 4.79 Å². The third-order valence-electron chi connectivity index (χ3n) is 5.12. The van der Waals surface area contributed by atoms with Crippen LogP contribution >= 0.6 is 11.3 Å². The van der Waals surface area contributed by atoms with E-state index >= 15 is 0 Å². The van der Waals surface area contributed by atoms with E-state index in [9.17, 15) is 4.79 Å². The summed E-state index contributed by atoms with van der Waals surface area (Å²) in [6, 6.07) is 4.30. The van der Waals surface area contributed by atoms with Crippen molar-refractivity contribution in [1.82, 2.24) is 19.7 Å². The minimum atomic E-state index is 0.0181. The molecule has 0 radical (unpaired) electrons. The summed E-state index contributed by atoms with van der Waals surface area (Å²) in [7, 11) is 0. The number of rotatable bonds is 3. The van der Waals surface area contributed by atoms with Crippen molar-refractivity contribution in [2.75, 3.05) is 13.1 Å². The number of likely N-dealkylation sites (tertiary alicyclic amines) is 1. The molecule has 27 heavy (non-hydrogen) atoms. The number of nitrogens with zero attached hydrogens (tertiary/aromatic N) is 4. The summed E-state index contributed by atoms with van der Waals surface area (Å²) < 4.78 is 1.89. The van der Waals surface area contributed by atoms with E-state index in [1.54, 1.807) is 17.5 Å². The molecule has 1 fully saturated rings. The Morgan fingerprint density at radius 1 is 1.33 bits per heavy atom. The first kappa shape index (κ1) is 18.1. The number of hydrogen-bond acceptors (Lipinski definition) is 5. The van der Waals surface area contributed by atoms with Gasteiger partial charge in [-0.1, -0.05) is 0 Å². The number of hydrogen-bond donors (Lipinski definition) is 1. The highest BCUT2D eigenvalue weighted by Crippen LogP contribution is 2.33. The first-order valence-electron chi connectivity index (χ1n) is 9.35. The Kier molecular flexibility index (Phi) is 4.52. The lowest BCUT2D eigenvalue weighted by Gasteiger charge is -2.17. The molecule has 1 atom stereocenters. The quantitative estimate of drug-likeness (QED) is 0.750. The van der Waals surface area contributed by atoms with Crippen LogP contribution in [0, 0.1) is 13.8 Å². The van der Waals surface area contributed by atoms with Gasteiger partial charge in [-0.15, -0.1) is 11.3 Å². The van der Waals surface area contributed by atoms with Crippen molar-refractivity contribution in [3.8, 4) is 11.3 Å². The van der Waals surface area contributed by atoms with Gasteiger partial charge in [0.15, 0.2) is 5.65 Å². The predicted octanol–water partition coefficient (Wildman–Crippen LogP) is 3.53. The van der Waals surface area contributed by atoms with Gasteiger partial charge in [0.25, 0.3) is 5.91 Å². The van der Waals surface area contributed by atoms with Crippen LogP contribution in [0.2, 0.25) is 0 Å². The third kappa shape index (κ3) is 3.15. The topological polar surface area (TPSA) is 77.0 Å². The van der Waals surface area contributed by atoms with E-state index in [2.05, 4.69) is 38.9 Å². The summed E-state index contributed by atoms with van der Waals surface area (Å²) in [5.41, 5.74) is 9.37. The molecule has 1 aliphatic heterocycles. The average molecular weight is 384 g/mol. The summed E-state index contributed by atoms with van der Waals surface area (Å²) in [5, 5.41) is 5.31. The Labute approximate surface area is 163 Å². The van der Waals surface area contributed by atoms with Crippen molar-refractivity contribution in [1.29, 1.82) is 0 Å². The number of aromatic nitrogens is 3. The number of pyridine rings is 1. The fourth-order valence-corrected chi connectivity index (χ4v) is 4.67. The third-order valence-corrected chi connectivity index (χ3v) is 6.08. The highest BCUT2D eigenvalue weighted by Gasteiger charge is 2.27. The summed E-state index contributed by atoms with van der Waals surface area (Å²) in [5.74, 6) is 0.0181. The predicted molar refractivity (Wildman–Crippen MR) is 109 cm³/mol. The number of amides is 1. The van der Waals surface area contributed by atoms with Gasteiger partial charge in [-0.2, -0.15) is 5.10 Å². The first-order chi connectivity index (χ1) is 12.8. The summed E-state index contributed by atoms with van der Waals surface area (Å²) >= 11 is 1.75. The van der Waals surface area contributed by atoms with Crippen molar-refractivity contribution in [2.24, 2.45) is 5.73 Å². The molecule has 6 nitrogen and oxygen atoms in total. The van der Waals surface area contributed by atoms with E-state index in [0.717, 1.165) is 28.7 Å². The zero-order valence-electron chi connectivity index (χ0n) is 16.2. The van der Waals surface area contributed by atoms with Gasteiger partial charge in [0.2, 0.25) is 0 Å². The lowest BCUT2D eigenvalue weighted by atomic mass is 10.1. The Morgan fingerprint density at radius 3 is 2.70 bits per heavy atom. The Bertz CT molecular complexity index is 1020. The van der Waals surface area contributed by atoms with Crippen LogP contribution in [0.1, 0.15) is 46.4 Å². The van der Waals surface area contributed by atoms with Gasteiger partial charge < -0.3 is 10.6 Å². The number of nitrogens with two attached hydrogens (primary N) is 1. The SMILES string of the molecule is Cc1cc(-c2cc(C(=O)N3CC[C@@H](N)C3)c3cnn(C(C)C)c3n2)c(C)s1. The second-order valence-electron chi connectivity index (χ2n) is 7.60. The molecule has 142 valence electrons. The lowest BCUT2D eigenvalue weighted by molar-refractivity contribution is 0.0793. The smallest absolute Gasteiger partial charge is 0.254 e. The van der Waals surface area contributed by atoms with Crippen LogP contribution in [0.5, 0.6) is 0 Å². The minimum absolute atomic E-state index is 0.0181. The highest BCUT2D eigenvalue weighted by molar-refractivity contribution is 7.12. The van der Waals surface area contributed by atoms with Gasteiger partial charge in [-0.05, 0) is 46.2 Å². The number of fused-ring (bicyclic) bond motifs is 1. The molecule has 0 spiro atoms. The van der Waals surface area contributed by atoms with Gasteiger partial charge in [0.05, 0.1) is 22.8 Å². The van der Waals surface area contributed by atoms with Crippen LogP contribution in [0.25, 0.3) is 22.3 Å². The van der Waals surface area contributed by atoms with E-state index in [4.69, 9.17) is 10.7 Å². The fourth-order valence-electron chi connectivity index (χ4n) is 3.74. The van der Waals surface area contributed by atoms with Crippen LogP contribution in [-0.2, 0) is 0 Å². The first-order valence-corrected chi connectivity index (χ1v) is 10.2. The van der Waals surface area contributed by atoms with Gasteiger partial charge in [-0.25, -0.2) is 9.67 Å². The standard InChI is InChI=1S/C20H25N5OS/c1-11(2)25-19-17(9-22-25)16(20(26)24-6-5-14(21)10-24)8-18(23-19)15-7-12(3)27-13(15)4/h7-9,11,14H,5-6,10,21H2,1-4H3/t14-/m1/s1. The molecule has 3 aromatic heterocycles. The van der Waals surface area contributed by atoms with Crippen LogP contribution in [-0.4, -0.2) is 44.7 Å². The van der Waals surface area contributed by atoms with Crippen molar-refractivity contribution in [2.45, 2.75) is 46.2 Å². The maximum Gasteiger partial charge on any atom is 0.254 e. The van der Waals surface area contributed by atoms with Crippen molar-refractivity contribution in [3.05, 3.63) is 33.6 Å². The van der Waals surface area contributed by atoms with Gasteiger partial charge in [0, 0.05) is 40.5 Å². The molecule has 2 N–H and O–H groups in total. The summed E-state index contributed by atoms with van der Waals surface area (Å²) in [6.07, 6.45) is 2.61. The van der Waals surface area contributed by atoms with Gasteiger partial charge >= 0.3 is 0 Å². The van der Waals surface area contributed by atoms with Crippen LogP contribution < -0.4 is 5.73 Å². The maximum atomic E-state index is 13.3. The lowest BCUT2D eigenvalue weighted by Crippen LogP contribution is -2.32. The summed E-state index contributed by atoms with van der Waals surface area (Å²) in [4.78, 5) is 22.5. The molecule has 0 unspecified atom stereocenters. The fraction of sp³-hybridized carbons (Fsp3) is 0.450. The van der Waals surface area contributed by atoms with Crippen LogP contribution in [0.4, 0.5) is 0 Å². The van der Waals surface area contributed by atoms with Crippen LogP contribution in [0.15, 0.2) is 18.3 Å². The van der Waals surface area contributed by atoms with E-state index in [1.165, 1.54) is 9.75 Å². The average Bonchev–Trinajstić information content (AvgIpc) is 3.31. The minimum Gasteiger partial charge on any atom is -0.337 e. The normalized spacial score (nSPS) is 17.4. The second-order valence-corrected chi connectivity index (χ2v) is 9.06. The molecule has 7 heteroatoms. The molecule has 3 aromatic rings. The number of carbonyl (C=O) groups excluding carboxylic acids is 1. The highest BCUT2D eigenvalue weighted by atomic mass is 32.1. The largest absolute Gasteiger partial charge is 0.337 e. The molecule has 1 aliphatic rings. The molecule has 4 rings (SSSR count). The summed E-state index contributed by atoms with van der Waals surface area (Å²) in [6.45, 7) is 9.64. The van der Waals surface area contributed by atoms with Crippen molar-refractivity contribution >= 4 is 28.3 Å². The van der Waals surface area contributed by atoms with Crippen LogP contribution in [0.3, 0.4) is 0 Å². The van der Waals surface area contributed by atoms with Gasteiger partial charge in [0.1, 0.15) is 0 Å². The molecule has 0 aromatic carbocycles. The van der Waals surface area contributed by atoms with E-state index < -0.39 is 0 Å². The number of aryl methyl sites for hydroxylation is 2. The zero-order chi connectivity index (χ0) is 19.3. The Morgan fingerprint density at radius 2 is 2.11 bits per heavy atom. The zero-order valence-corrected chi connectivity index (χ0v) is 17.0. The van der Waals surface area contributed by atoms with Crippen molar-refractivity contribution in [3.63, 3.8) is 0 Å². The molecule has 0 saturated carbocycles. The monoisotopic (exact) mass is 383 g/mol. The Balaban J connectivity index is 1.91. The van der Waals surface area contributed by atoms with E-state index in [0.29, 0.717) is 18.7 Å².